The van der Waals surface area contributed by atoms with Gasteiger partial charge in [-0.1, -0.05) is 0 Å². The second kappa shape index (κ2) is 5.52. The molecule has 3 heterocycles. The molecule has 0 saturated heterocycles. The average molecular weight is 327 g/mol. The highest BCUT2D eigenvalue weighted by molar-refractivity contribution is 9.11. The van der Waals surface area contributed by atoms with Crippen LogP contribution in [0.3, 0.4) is 0 Å². The largest absolute Gasteiger partial charge is 0.347 e. The van der Waals surface area contributed by atoms with E-state index in [0.717, 1.165) is 26.1 Å². The minimum Gasteiger partial charge on any atom is -0.347 e. The first-order valence-corrected chi connectivity index (χ1v) is 7.61. The SMILES string of the molecule is Brc1ccc(CNCC2Cc3nc[nH]c3CN2)s1. The summed E-state index contributed by atoms with van der Waals surface area (Å²) in [7, 11) is 0. The molecule has 0 aliphatic carbocycles. The number of thiophene rings is 1. The van der Waals surface area contributed by atoms with Gasteiger partial charge in [0.2, 0.25) is 0 Å². The molecular weight excluding hydrogens is 312 g/mol. The molecular formula is C12H15BrN4S. The number of rotatable bonds is 4. The number of hydrogen-bond donors (Lipinski definition) is 3. The number of nitrogens with one attached hydrogen (secondary N) is 3. The van der Waals surface area contributed by atoms with Crippen LogP contribution in [0.1, 0.15) is 16.3 Å². The number of aromatic amines is 1. The van der Waals surface area contributed by atoms with E-state index in [1.54, 1.807) is 17.7 Å². The second-order valence-electron chi connectivity index (χ2n) is 4.45. The summed E-state index contributed by atoms with van der Waals surface area (Å²) >= 11 is 5.26. The molecule has 1 unspecified atom stereocenters. The van der Waals surface area contributed by atoms with Crippen LogP contribution in [-0.2, 0) is 19.5 Å². The van der Waals surface area contributed by atoms with E-state index >= 15 is 0 Å². The van der Waals surface area contributed by atoms with Gasteiger partial charge in [-0.05, 0) is 28.1 Å². The monoisotopic (exact) mass is 326 g/mol. The molecule has 2 aromatic heterocycles. The number of aromatic nitrogens is 2. The third-order valence-electron chi connectivity index (χ3n) is 3.13. The van der Waals surface area contributed by atoms with Crippen LogP contribution in [0.2, 0.25) is 0 Å². The van der Waals surface area contributed by atoms with Gasteiger partial charge in [-0.15, -0.1) is 11.3 Å². The van der Waals surface area contributed by atoms with E-state index in [0.29, 0.717) is 6.04 Å². The summed E-state index contributed by atoms with van der Waals surface area (Å²) in [5, 5.41) is 7.01. The molecule has 0 fully saturated rings. The molecule has 0 spiro atoms. The summed E-state index contributed by atoms with van der Waals surface area (Å²) in [6, 6.07) is 4.72. The van der Waals surface area contributed by atoms with Crippen LogP contribution in [0.4, 0.5) is 0 Å². The molecule has 0 aromatic carbocycles. The number of nitrogens with zero attached hydrogens (tertiary/aromatic N) is 1. The summed E-state index contributed by atoms with van der Waals surface area (Å²) in [6.07, 6.45) is 2.78. The molecule has 0 amide bonds. The molecule has 3 rings (SSSR count). The van der Waals surface area contributed by atoms with Crippen LogP contribution in [0.25, 0.3) is 0 Å². The fourth-order valence-electron chi connectivity index (χ4n) is 2.19. The highest BCUT2D eigenvalue weighted by Gasteiger charge is 2.19. The number of halogens is 1. The fourth-order valence-corrected chi connectivity index (χ4v) is 3.64. The van der Waals surface area contributed by atoms with E-state index in [2.05, 4.69) is 48.7 Å². The van der Waals surface area contributed by atoms with Gasteiger partial charge in [-0.25, -0.2) is 4.98 Å². The topological polar surface area (TPSA) is 52.7 Å². The second-order valence-corrected chi connectivity index (χ2v) is 6.99. The Morgan fingerprint density at radius 2 is 2.44 bits per heavy atom. The van der Waals surface area contributed by atoms with E-state index in [-0.39, 0.29) is 0 Å². The van der Waals surface area contributed by atoms with Gasteiger partial charge < -0.3 is 15.6 Å². The molecule has 3 N–H and O–H groups in total. The summed E-state index contributed by atoms with van der Waals surface area (Å²) in [4.78, 5) is 8.87. The smallest absolute Gasteiger partial charge is 0.0925 e. The number of fused-ring (bicyclic) bond motifs is 1. The number of hydrogen-bond acceptors (Lipinski definition) is 4. The van der Waals surface area contributed by atoms with Crippen molar-refractivity contribution >= 4 is 27.3 Å². The quantitative estimate of drug-likeness (QED) is 0.805. The Hall–Kier alpha value is -0.690. The van der Waals surface area contributed by atoms with Crippen molar-refractivity contribution in [2.24, 2.45) is 0 Å². The maximum Gasteiger partial charge on any atom is 0.0925 e. The van der Waals surface area contributed by atoms with Gasteiger partial charge in [-0.3, -0.25) is 0 Å². The minimum atomic E-state index is 0.476. The lowest BCUT2D eigenvalue weighted by atomic mass is 10.1. The Morgan fingerprint density at radius 3 is 3.28 bits per heavy atom. The Kier molecular flexibility index (Phi) is 3.79. The van der Waals surface area contributed by atoms with Crippen LogP contribution in [-0.4, -0.2) is 22.6 Å². The molecule has 2 aromatic rings. The van der Waals surface area contributed by atoms with Gasteiger partial charge in [0, 0.05) is 37.0 Å². The number of imidazole rings is 1. The van der Waals surface area contributed by atoms with Gasteiger partial charge in [0.1, 0.15) is 0 Å². The van der Waals surface area contributed by atoms with E-state index < -0.39 is 0 Å². The predicted molar refractivity (Wildman–Crippen MR) is 76.6 cm³/mol. The third kappa shape index (κ3) is 2.83. The van der Waals surface area contributed by atoms with Gasteiger partial charge in [-0.2, -0.15) is 0 Å². The molecule has 18 heavy (non-hydrogen) atoms. The van der Waals surface area contributed by atoms with Crippen molar-refractivity contribution in [2.45, 2.75) is 25.6 Å². The Bertz CT molecular complexity index is 522. The molecule has 1 aliphatic rings. The molecule has 0 saturated carbocycles. The van der Waals surface area contributed by atoms with Crippen molar-refractivity contribution < 1.29 is 0 Å². The first-order valence-electron chi connectivity index (χ1n) is 6.00. The van der Waals surface area contributed by atoms with Crippen molar-refractivity contribution in [3.05, 3.63) is 38.5 Å². The normalized spacial score (nSPS) is 18.8. The molecule has 1 aliphatic heterocycles. The van der Waals surface area contributed by atoms with E-state index in [1.165, 1.54) is 20.1 Å². The summed E-state index contributed by atoms with van der Waals surface area (Å²) in [5.74, 6) is 0. The van der Waals surface area contributed by atoms with Crippen molar-refractivity contribution in [1.29, 1.82) is 0 Å². The highest BCUT2D eigenvalue weighted by atomic mass is 79.9. The minimum absolute atomic E-state index is 0.476. The molecule has 1 atom stereocenters. The van der Waals surface area contributed by atoms with Crippen LogP contribution in [0.5, 0.6) is 0 Å². The lowest BCUT2D eigenvalue weighted by molar-refractivity contribution is 0.441. The zero-order chi connectivity index (χ0) is 12.4. The zero-order valence-electron chi connectivity index (χ0n) is 9.87. The van der Waals surface area contributed by atoms with Crippen LogP contribution in [0, 0.1) is 0 Å². The average Bonchev–Trinajstić information content (AvgIpc) is 2.97. The molecule has 6 heteroatoms. The van der Waals surface area contributed by atoms with E-state index in [4.69, 9.17) is 0 Å². The molecule has 0 radical (unpaired) electrons. The summed E-state index contributed by atoms with van der Waals surface area (Å²) < 4.78 is 1.19. The van der Waals surface area contributed by atoms with Crippen LogP contribution in [0.15, 0.2) is 22.2 Å². The predicted octanol–water partition coefficient (Wildman–Crippen LogP) is 2.04. The maximum absolute atomic E-state index is 4.35. The van der Waals surface area contributed by atoms with Crippen molar-refractivity contribution in [3.63, 3.8) is 0 Å². The van der Waals surface area contributed by atoms with Crippen molar-refractivity contribution in [3.8, 4) is 0 Å². The molecule has 0 bridgehead atoms. The summed E-state index contributed by atoms with van der Waals surface area (Å²) in [6.45, 7) is 2.80. The van der Waals surface area contributed by atoms with Gasteiger partial charge in [0.15, 0.2) is 0 Å². The first-order chi connectivity index (χ1) is 8.81. The van der Waals surface area contributed by atoms with E-state index in [1.807, 2.05) is 0 Å². The van der Waals surface area contributed by atoms with Gasteiger partial charge in [0.25, 0.3) is 0 Å². The molecule has 4 nitrogen and oxygen atoms in total. The van der Waals surface area contributed by atoms with Crippen LogP contribution < -0.4 is 10.6 Å². The van der Waals surface area contributed by atoms with Gasteiger partial charge in [0.05, 0.1) is 21.5 Å². The Balaban J connectivity index is 1.47. The highest BCUT2D eigenvalue weighted by Crippen LogP contribution is 2.21. The van der Waals surface area contributed by atoms with Gasteiger partial charge >= 0.3 is 0 Å². The van der Waals surface area contributed by atoms with Crippen molar-refractivity contribution in [2.75, 3.05) is 6.54 Å². The standard InChI is InChI=1S/C12H15BrN4S/c13-12-2-1-9(18-12)5-14-4-8-3-10-11(6-15-8)17-7-16-10/h1-2,7-8,14-15H,3-6H2,(H,16,17). The summed E-state index contributed by atoms with van der Waals surface area (Å²) in [5.41, 5.74) is 2.44. The third-order valence-corrected chi connectivity index (χ3v) is 4.76. The van der Waals surface area contributed by atoms with E-state index in [9.17, 15) is 0 Å². The maximum atomic E-state index is 4.35. The number of H-pyrrole nitrogens is 1. The first kappa shape index (κ1) is 12.3. The Morgan fingerprint density at radius 1 is 1.50 bits per heavy atom. The molecule has 96 valence electrons. The fraction of sp³-hybridized carbons (Fsp3) is 0.417. The lowest BCUT2D eigenvalue weighted by Gasteiger charge is -2.23. The zero-order valence-corrected chi connectivity index (χ0v) is 12.3. The van der Waals surface area contributed by atoms with Crippen molar-refractivity contribution in [1.82, 2.24) is 20.6 Å². The Labute approximate surface area is 118 Å². The van der Waals surface area contributed by atoms with Crippen LogP contribution >= 0.6 is 27.3 Å². The lowest BCUT2D eigenvalue weighted by Crippen LogP contribution is -2.42.